The number of rotatable bonds is 18. The van der Waals surface area contributed by atoms with Crippen LogP contribution in [-0.4, -0.2) is 84.3 Å². The summed E-state index contributed by atoms with van der Waals surface area (Å²) in [4.78, 5) is 0. The number of hydrogen-bond donors (Lipinski definition) is 2. The smallest absolute Gasteiger partial charge is 0.127 e. The summed E-state index contributed by atoms with van der Waals surface area (Å²) in [5, 5.41) is 15.9. The average Bonchev–Trinajstić information content (AvgIpc) is 3.11. The lowest BCUT2D eigenvalue weighted by atomic mass is 9.85. The Morgan fingerprint density at radius 3 is 2.35 bits per heavy atom. The number of nitrogens with one attached hydrogen (secondary N) is 1. The molecule has 0 radical (unpaired) electrons. The summed E-state index contributed by atoms with van der Waals surface area (Å²) in [6.07, 6.45) is -0.455. The molecule has 0 amide bonds. The van der Waals surface area contributed by atoms with Gasteiger partial charge in [0.1, 0.15) is 29.2 Å². The molecule has 0 spiro atoms. The van der Waals surface area contributed by atoms with Crippen LogP contribution in [0.15, 0.2) is 78.9 Å². The highest BCUT2D eigenvalue weighted by Gasteiger charge is 2.36. The molecule has 0 bridgehead atoms. The van der Waals surface area contributed by atoms with E-state index in [2.05, 4.69) is 35.6 Å². The molecule has 1 fully saturated rings. The predicted octanol–water partition coefficient (Wildman–Crippen LogP) is 5.65. The molecular weight excluding hydrogens is 617 g/mol. The van der Waals surface area contributed by atoms with Crippen LogP contribution >= 0.6 is 0 Å². The van der Waals surface area contributed by atoms with Gasteiger partial charge in [0, 0.05) is 49.6 Å². The quantitative estimate of drug-likeness (QED) is 0.131. The molecule has 2 unspecified atom stereocenters. The summed E-state index contributed by atoms with van der Waals surface area (Å²) in [5.74, 6) is 1.61. The Hall–Kier alpha value is -3.77. The van der Waals surface area contributed by atoms with Gasteiger partial charge in [0.2, 0.25) is 0 Å². The van der Waals surface area contributed by atoms with E-state index in [0.717, 1.165) is 39.0 Å². The minimum Gasteiger partial charge on any atom is -0.496 e. The number of methoxy groups -OCH3 is 3. The second-order valence-corrected chi connectivity index (χ2v) is 11.8. The van der Waals surface area contributed by atoms with Gasteiger partial charge in [-0.2, -0.15) is 0 Å². The Balaban J connectivity index is 1.20. The number of ether oxygens (including phenoxy) is 7. The summed E-state index contributed by atoms with van der Waals surface area (Å²) < 4.78 is 54.1. The number of fused-ring (bicyclic) bond motifs is 1. The van der Waals surface area contributed by atoms with Crippen molar-refractivity contribution in [3.05, 3.63) is 101 Å². The largest absolute Gasteiger partial charge is 0.496 e. The third kappa shape index (κ3) is 9.65. The first-order valence-corrected chi connectivity index (χ1v) is 16.3. The van der Waals surface area contributed by atoms with E-state index in [-0.39, 0.29) is 37.2 Å². The Kier molecular flexibility index (Phi) is 13.4. The second-order valence-electron chi connectivity index (χ2n) is 11.8. The topological polar surface area (TPSA) is 96.9 Å². The average molecular weight is 664 g/mol. The molecule has 0 aromatic heterocycles. The molecule has 4 aromatic carbocycles. The van der Waals surface area contributed by atoms with Gasteiger partial charge in [0.15, 0.2) is 0 Å². The number of benzene rings is 4. The monoisotopic (exact) mass is 663 g/mol. The number of hydrogen-bond acceptors (Lipinski definition) is 9. The van der Waals surface area contributed by atoms with Crippen molar-refractivity contribution in [1.29, 1.82) is 0 Å². The van der Waals surface area contributed by atoms with Crippen LogP contribution < -0.4 is 19.5 Å². The third-order valence-corrected chi connectivity index (χ3v) is 8.39. The molecule has 0 saturated carbocycles. The Bertz CT molecular complexity index is 1570. The van der Waals surface area contributed by atoms with Crippen LogP contribution in [0.5, 0.6) is 17.2 Å². The molecule has 1 saturated heterocycles. The molecule has 1 aliphatic rings. The fourth-order valence-electron chi connectivity index (χ4n) is 6.04. The van der Waals surface area contributed by atoms with Crippen LogP contribution in [0.1, 0.15) is 29.0 Å². The molecule has 4 atom stereocenters. The maximum Gasteiger partial charge on any atom is 0.127 e. The highest BCUT2D eigenvalue weighted by Crippen LogP contribution is 2.33. The zero-order chi connectivity index (χ0) is 33.7. The van der Waals surface area contributed by atoms with Crippen LogP contribution in [0, 0.1) is 5.82 Å². The lowest BCUT2D eigenvalue weighted by molar-refractivity contribution is -0.0856. The van der Waals surface area contributed by atoms with E-state index >= 15 is 0 Å². The fraction of sp³-hybridized carbons (Fsp3) is 0.421. The molecule has 1 aliphatic heterocycles. The van der Waals surface area contributed by atoms with E-state index in [9.17, 15) is 9.50 Å². The zero-order valence-corrected chi connectivity index (χ0v) is 27.9. The Morgan fingerprint density at radius 1 is 0.812 bits per heavy atom. The Labute approximate surface area is 281 Å². The van der Waals surface area contributed by atoms with Crippen molar-refractivity contribution < 1.29 is 42.7 Å². The maximum absolute atomic E-state index is 13.4. The van der Waals surface area contributed by atoms with Crippen LogP contribution in [0.4, 0.5) is 4.39 Å². The highest BCUT2D eigenvalue weighted by molar-refractivity contribution is 5.89. The van der Waals surface area contributed by atoms with E-state index < -0.39 is 6.10 Å². The van der Waals surface area contributed by atoms with Gasteiger partial charge in [0.25, 0.3) is 0 Å². The van der Waals surface area contributed by atoms with Gasteiger partial charge in [-0.3, -0.25) is 0 Å². The summed E-state index contributed by atoms with van der Waals surface area (Å²) in [6.45, 7) is 3.33. The standard InChI is InChI=1S/C38H46FNO8/c1-42-24-31(41)25-48-37-21-40-20-36(47-22-26-17-28-7-4-5-8-33(28)35(18-26)44-3)38(37)27-10-13-32(14-11-27)46-16-6-15-45-23-29-9-12-30(39)19-34(29)43-2/h4-5,7-14,17-19,31,36-38,40-41H,6,15-16,20-25H2,1-3H3/t31?,36-,37-,38?/m0/s1. The van der Waals surface area contributed by atoms with E-state index in [4.69, 9.17) is 33.2 Å². The van der Waals surface area contributed by atoms with Gasteiger partial charge < -0.3 is 43.6 Å². The minimum atomic E-state index is -0.723. The van der Waals surface area contributed by atoms with Crippen LogP contribution in [-0.2, 0) is 32.2 Å². The van der Waals surface area contributed by atoms with Gasteiger partial charge >= 0.3 is 0 Å². The lowest BCUT2D eigenvalue weighted by Gasteiger charge is -2.39. The highest BCUT2D eigenvalue weighted by atomic mass is 19.1. The maximum atomic E-state index is 13.4. The molecule has 10 heteroatoms. The third-order valence-electron chi connectivity index (χ3n) is 8.39. The molecule has 0 aliphatic carbocycles. The molecular formula is C38H46FNO8. The van der Waals surface area contributed by atoms with Crippen LogP contribution in [0.2, 0.25) is 0 Å². The number of aliphatic hydroxyl groups is 1. The van der Waals surface area contributed by atoms with Crippen LogP contribution in [0.3, 0.4) is 0 Å². The van der Waals surface area contributed by atoms with Crippen molar-refractivity contribution in [2.24, 2.45) is 0 Å². The minimum absolute atomic E-state index is 0.0887. The Morgan fingerprint density at radius 2 is 1.58 bits per heavy atom. The van der Waals surface area contributed by atoms with E-state index in [0.29, 0.717) is 51.7 Å². The van der Waals surface area contributed by atoms with Crippen molar-refractivity contribution >= 4 is 10.8 Å². The zero-order valence-electron chi connectivity index (χ0n) is 27.9. The summed E-state index contributed by atoms with van der Waals surface area (Å²) >= 11 is 0. The first-order valence-electron chi connectivity index (χ1n) is 16.3. The molecule has 5 rings (SSSR count). The summed E-state index contributed by atoms with van der Waals surface area (Å²) in [5.41, 5.74) is 2.88. The van der Waals surface area contributed by atoms with Crippen LogP contribution in [0.25, 0.3) is 10.8 Å². The van der Waals surface area contributed by atoms with Crippen molar-refractivity contribution in [3.63, 3.8) is 0 Å². The van der Waals surface area contributed by atoms with E-state index in [1.165, 1.54) is 19.2 Å². The second kappa shape index (κ2) is 18.1. The molecule has 4 aromatic rings. The number of halogens is 1. The van der Waals surface area contributed by atoms with E-state index in [1.807, 2.05) is 30.3 Å². The molecule has 2 N–H and O–H groups in total. The van der Waals surface area contributed by atoms with Crippen molar-refractivity contribution in [2.75, 3.05) is 60.8 Å². The molecule has 48 heavy (non-hydrogen) atoms. The fourth-order valence-corrected chi connectivity index (χ4v) is 6.04. The molecule has 9 nitrogen and oxygen atoms in total. The lowest BCUT2D eigenvalue weighted by Crippen LogP contribution is -2.51. The van der Waals surface area contributed by atoms with Crippen molar-refractivity contribution in [3.8, 4) is 17.2 Å². The molecule has 258 valence electrons. The molecule has 1 heterocycles. The first-order chi connectivity index (χ1) is 23.5. The van der Waals surface area contributed by atoms with Gasteiger partial charge in [-0.05, 0) is 46.8 Å². The van der Waals surface area contributed by atoms with Gasteiger partial charge in [-0.15, -0.1) is 0 Å². The summed E-state index contributed by atoms with van der Waals surface area (Å²) in [7, 11) is 4.75. The van der Waals surface area contributed by atoms with Gasteiger partial charge in [-0.1, -0.05) is 42.5 Å². The SMILES string of the molecule is COCC(O)CO[C@H]1CNC[C@H](OCc2cc(OC)c3ccccc3c2)C1c1ccc(OCCCOCc2ccc(F)cc2OC)cc1. The number of piperidine rings is 1. The van der Waals surface area contributed by atoms with Crippen molar-refractivity contribution in [1.82, 2.24) is 5.32 Å². The van der Waals surface area contributed by atoms with E-state index in [1.54, 1.807) is 20.3 Å². The first kappa shape index (κ1) is 35.5. The van der Waals surface area contributed by atoms with Gasteiger partial charge in [0.05, 0.1) is 66.1 Å². The predicted molar refractivity (Wildman–Crippen MR) is 181 cm³/mol. The number of aliphatic hydroxyl groups excluding tert-OH is 1. The summed E-state index contributed by atoms with van der Waals surface area (Å²) in [6, 6.07) is 24.8. The van der Waals surface area contributed by atoms with Gasteiger partial charge in [-0.25, -0.2) is 4.39 Å². The van der Waals surface area contributed by atoms with Crippen molar-refractivity contribution in [2.45, 2.75) is 43.9 Å². The normalized spacial score (nSPS) is 18.5.